The van der Waals surface area contributed by atoms with E-state index in [0.717, 1.165) is 31.8 Å². The Labute approximate surface area is 84.3 Å². The highest BCUT2D eigenvalue weighted by molar-refractivity contribution is 4.98. The molecule has 0 bridgehead atoms. The van der Waals surface area contributed by atoms with Gasteiger partial charge in [0, 0.05) is 13.2 Å². The Morgan fingerprint density at radius 1 is 1.57 bits per heavy atom. The van der Waals surface area contributed by atoms with Crippen LogP contribution in [0, 0.1) is 5.92 Å². The lowest BCUT2D eigenvalue weighted by Gasteiger charge is -2.13. The van der Waals surface area contributed by atoms with Gasteiger partial charge in [0.05, 0.1) is 12.8 Å². The van der Waals surface area contributed by atoms with Gasteiger partial charge in [0.1, 0.15) is 5.76 Å². The third-order valence-electron chi connectivity index (χ3n) is 2.87. The van der Waals surface area contributed by atoms with E-state index in [1.165, 1.54) is 6.42 Å². The summed E-state index contributed by atoms with van der Waals surface area (Å²) in [5.74, 6) is 1.71. The molecule has 1 aromatic rings. The Morgan fingerprint density at radius 3 is 3.21 bits per heavy atom. The van der Waals surface area contributed by atoms with Crippen molar-refractivity contribution in [3.05, 3.63) is 24.2 Å². The van der Waals surface area contributed by atoms with Gasteiger partial charge in [0.2, 0.25) is 0 Å². The first-order valence-electron chi connectivity index (χ1n) is 5.24. The van der Waals surface area contributed by atoms with Crippen molar-refractivity contribution in [3.63, 3.8) is 0 Å². The molecule has 3 heteroatoms. The fraction of sp³-hybridized carbons (Fsp3) is 0.636. The molecule has 3 nitrogen and oxygen atoms in total. The number of nitrogens with zero attached hydrogens (tertiary/aromatic N) is 1. The van der Waals surface area contributed by atoms with Crippen molar-refractivity contribution in [1.82, 2.24) is 4.90 Å². The van der Waals surface area contributed by atoms with Gasteiger partial charge in [-0.2, -0.15) is 0 Å². The number of furan rings is 1. The van der Waals surface area contributed by atoms with Crippen LogP contribution in [0.2, 0.25) is 0 Å². The number of likely N-dealkylation sites (tertiary alicyclic amines) is 1. The number of aliphatic hydroxyl groups is 1. The van der Waals surface area contributed by atoms with Crippen LogP contribution in [0.1, 0.15) is 18.6 Å². The van der Waals surface area contributed by atoms with E-state index in [9.17, 15) is 0 Å². The molecule has 0 radical (unpaired) electrons. The van der Waals surface area contributed by atoms with Gasteiger partial charge in [-0.25, -0.2) is 0 Å². The zero-order valence-corrected chi connectivity index (χ0v) is 8.35. The van der Waals surface area contributed by atoms with Crippen LogP contribution in [0.15, 0.2) is 22.8 Å². The van der Waals surface area contributed by atoms with E-state index >= 15 is 0 Å². The largest absolute Gasteiger partial charge is 0.468 e. The van der Waals surface area contributed by atoms with Crippen LogP contribution in [0.4, 0.5) is 0 Å². The van der Waals surface area contributed by atoms with Crippen LogP contribution in [-0.4, -0.2) is 29.7 Å². The van der Waals surface area contributed by atoms with E-state index in [2.05, 4.69) is 4.90 Å². The SMILES string of the molecule is OCCC1CCN(Cc2ccco2)C1. The van der Waals surface area contributed by atoms with Gasteiger partial charge in [0.15, 0.2) is 0 Å². The van der Waals surface area contributed by atoms with E-state index in [0.29, 0.717) is 12.5 Å². The maximum absolute atomic E-state index is 8.83. The molecule has 0 aromatic carbocycles. The van der Waals surface area contributed by atoms with E-state index in [1.54, 1.807) is 6.26 Å². The van der Waals surface area contributed by atoms with Crippen molar-refractivity contribution in [1.29, 1.82) is 0 Å². The first kappa shape index (κ1) is 9.74. The summed E-state index contributed by atoms with van der Waals surface area (Å²) >= 11 is 0. The molecule has 1 saturated heterocycles. The molecule has 1 atom stereocenters. The highest BCUT2D eigenvalue weighted by atomic mass is 16.3. The van der Waals surface area contributed by atoms with Crippen molar-refractivity contribution in [2.75, 3.05) is 19.7 Å². The fourth-order valence-electron chi connectivity index (χ4n) is 2.10. The number of hydrogen-bond acceptors (Lipinski definition) is 3. The second-order valence-electron chi connectivity index (χ2n) is 3.98. The van der Waals surface area contributed by atoms with Crippen LogP contribution in [-0.2, 0) is 6.54 Å². The number of hydrogen-bond donors (Lipinski definition) is 1. The summed E-state index contributed by atoms with van der Waals surface area (Å²) in [6.45, 7) is 3.46. The third kappa shape index (κ3) is 2.36. The summed E-state index contributed by atoms with van der Waals surface area (Å²) in [6.07, 6.45) is 3.87. The lowest BCUT2D eigenvalue weighted by Crippen LogP contribution is -2.20. The fourth-order valence-corrected chi connectivity index (χ4v) is 2.10. The summed E-state index contributed by atoms with van der Waals surface area (Å²) in [5.41, 5.74) is 0. The Hall–Kier alpha value is -0.800. The lowest BCUT2D eigenvalue weighted by atomic mass is 10.1. The van der Waals surface area contributed by atoms with Gasteiger partial charge in [-0.05, 0) is 37.4 Å². The first-order chi connectivity index (χ1) is 6.88. The lowest BCUT2D eigenvalue weighted by molar-refractivity contribution is 0.244. The van der Waals surface area contributed by atoms with Gasteiger partial charge in [-0.3, -0.25) is 4.90 Å². The van der Waals surface area contributed by atoms with Crippen LogP contribution >= 0.6 is 0 Å². The second-order valence-corrected chi connectivity index (χ2v) is 3.98. The van der Waals surface area contributed by atoms with E-state index in [-0.39, 0.29) is 0 Å². The maximum Gasteiger partial charge on any atom is 0.117 e. The highest BCUT2D eigenvalue weighted by Gasteiger charge is 2.22. The van der Waals surface area contributed by atoms with Crippen molar-refractivity contribution >= 4 is 0 Å². The Balaban J connectivity index is 1.79. The molecule has 2 rings (SSSR count). The predicted octanol–water partition coefficient (Wildman–Crippen LogP) is 1.48. The minimum Gasteiger partial charge on any atom is -0.468 e. The zero-order valence-electron chi connectivity index (χ0n) is 8.35. The molecule has 1 aliphatic rings. The molecular weight excluding hydrogens is 178 g/mol. The van der Waals surface area contributed by atoms with Gasteiger partial charge in [-0.1, -0.05) is 0 Å². The topological polar surface area (TPSA) is 36.6 Å². The average molecular weight is 195 g/mol. The Morgan fingerprint density at radius 2 is 2.50 bits per heavy atom. The van der Waals surface area contributed by atoms with Crippen LogP contribution < -0.4 is 0 Å². The van der Waals surface area contributed by atoms with Crippen LogP contribution in [0.3, 0.4) is 0 Å². The quantitative estimate of drug-likeness (QED) is 0.790. The first-order valence-corrected chi connectivity index (χ1v) is 5.24. The molecule has 1 unspecified atom stereocenters. The highest BCUT2D eigenvalue weighted by Crippen LogP contribution is 2.20. The van der Waals surface area contributed by atoms with Gasteiger partial charge in [0.25, 0.3) is 0 Å². The van der Waals surface area contributed by atoms with Gasteiger partial charge < -0.3 is 9.52 Å². The molecule has 0 aliphatic carbocycles. The molecule has 0 amide bonds. The van der Waals surface area contributed by atoms with Crippen molar-refractivity contribution in [2.24, 2.45) is 5.92 Å². The van der Waals surface area contributed by atoms with Crippen molar-refractivity contribution < 1.29 is 9.52 Å². The van der Waals surface area contributed by atoms with Gasteiger partial charge in [-0.15, -0.1) is 0 Å². The average Bonchev–Trinajstić information content (AvgIpc) is 2.79. The zero-order chi connectivity index (χ0) is 9.80. The molecule has 1 aliphatic heterocycles. The molecule has 78 valence electrons. The molecule has 1 aromatic heterocycles. The van der Waals surface area contributed by atoms with E-state index in [1.807, 2.05) is 12.1 Å². The minimum atomic E-state index is 0.319. The van der Waals surface area contributed by atoms with Crippen LogP contribution in [0.5, 0.6) is 0 Å². The predicted molar refractivity (Wildman–Crippen MR) is 53.8 cm³/mol. The smallest absolute Gasteiger partial charge is 0.117 e. The normalized spacial score (nSPS) is 23.1. The van der Waals surface area contributed by atoms with Crippen LogP contribution in [0.25, 0.3) is 0 Å². The summed E-state index contributed by atoms with van der Waals surface area (Å²) in [7, 11) is 0. The maximum atomic E-state index is 8.83. The number of aliphatic hydroxyl groups excluding tert-OH is 1. The Bertz CT molecular complexity index is 258. The Kier molecular flexibility index (Phi) is 3.22. The van der Waals surface area contributed by atoms with Gasteiger partial charge >= 0.3 is 0 Å². The third-order valence-corrected chi connectivity index (χ3v) is 2.87. The summed E-state index contributed by atoms with van der Waals surface area (Å²) in [4.78, 5) is 2.39. The van der Waals surface area contributed by atoms with Crippen molar-refractivity contribution in [2.45, 2.75) is 19.4 Å². The summed E-state index contributed by atoms with van der Waals surface area (Å²) in [6, 6.07) is 3.94. The second kappa shape index (κ2) is 4.62. The number of rotatable bonds is 4. The summed E-state index contributed by atoms with van der Waals surface area (Å²) < 4.78 is 5.30. The summed E-state index contributed by atoms with van der Waals surface area (Å²) in [5, 5.41) is 8.83. The van der Waals surface area contributed by atoms with Crippen molar-refractivity contribution in [3.8, 4) is 0 Å². The minimum absolute atomic E-state index is 0.319. The monoisotopic (exact) mass is 195 g/mol. The van der Waals surface area contributed by atoms with E-state index in [4.69, 9.17) is 9.52 Å². The molecule has 2 heterocycles. The molecule has 1 fully saturated rings. The molecule has 0 spiro atoms. The molecule has 14 heavy (non-hydrogen) atoms. The molecule has 1 N–H and O–H groups in total. The molecular formula is C11H17NO2. The molecule has 0 saturated carbocycles. The standard InChI is InChI=1S/C11H17NO2/c13-6-4-10-3-5-12(8-10)9-11-2-1-7-14-11/h1-2,7,10,13H,3-6,8-9H2. The van der Waals surface area contributed by atoms with E-state index < -0.39 is 0 Å².